The Morgan fingerprint density at radius 1 is 1.33 bits per heavy atom. The molecule has 0 heterocycles. The van der Waals surface area contributed by atoms with Gasteiger partial charge in [-0.2, -0.15) is 0 Å². The number of fused-ring (bicyclic) bond motifs is 1. The zero-order chi connectivity index (χ0) is 22.1. The van der Waals surface area contributed by atoms with Crippen molar-refractivity contribution >= 4 is 0 Å². The van der Waals surface area contributed by atoms with E-state index < -0.39 is 17.9 Å². The molecule has 0 bridgehead atoms. The van der Waals surface area contributed by atoms with Gasteiger partial charge in [0.25, 0.3) is 0 Å². The van der Waals surface area contributed by atoms with Crippen molar-refractivity contribution in [1.82, 2.24) is 0 Å². The molecule has 0 amide bonds. The van der Waals surface area contributed by atoms with E-state index in [1.807, 2.05) is 19.9 Å². The van der Waals surface area contributed by atoms with Crippen molar-refractivity contribution < 1.29 is 13.9 Å². The molecule has 0 aromatic carbocycles. The number of rotatable bonds is 6. The van der Waals surface area contributed by atoms with E-state index in [2.05, 4.69) is 32.6 Å². The van der Waals surface area contributed by atoms with Crippen LogP contribution in [-0.2, 0) is 0 Å². The van der Waals surface area contributed by atoms with Crippen molar-refractivity contribution in [3.8, 4) is 0 Å². The molecular formula is C27H40F2O. The second kappa shape index (κ2) is 9.10. The first-order valence-corrected chi connectivity index (χ1v) is 11.8. The Morgan fingerprint density at radius 3 is 2.77 bits per heavy atom. The number of aliphatic hydroxyl groups is 1. The van der Waals surface area contributed by atoms with Crippen LogP contribution in [0.5, 0.6) is 0 Å². The second-order valence-electron chi connectivity index (χ2n) is 10.8. The molecule has 3 aliphatic rings. The molecule has 5 atom stereocenters. The average molecular weight is 419 g/mol. The number of hydrogen-bond acceptors (Lipinski definition) is 1. The van der Waals surface area contributed by atoms with Crippen LogP contribution < -0.4 is 0 Å². The molecule has 2 fully saturated rings. The third-order valence-corrected chi connectivity index (χ3v) is 7.76. The normalized spacial score (nSPS) is 36.2. The van der Waals surface area contributed by atoms with Crippen LogP contribution in [-0.4, -0.2) is 23.1 Å². The van der Waals surface area contributed by atoms with Gasteiger partial charge in [-0.1, -0.05) is 56.2 Å². The molecule has 30 heavy (non-hydrogen) atoms. The Hall–Kier alpha value is -1.22. The molecule has 3 rings (SSSR count). The quantitative estimate of drug-likeness (QED) is 0.441. The van der Waals surface area contributed by atoms with Gasteiger partial charge < -0.3 is 5.11 Å². The maximum Gasteiger partial charge on any atom is 0.128 e. The minimum Gasteiger partial charge on any atom is -0.390 e. The van der Waals surface area contributed by atoms with Gasteiger partial charge in [0.15, 0.2) is 0 Å². The van der Waals surface area contributed by atoms with Crippen molar-refractivity contribution in [2.24, 2.45) is 17.3 Å². The van der Waals surface area contributed by atoms with Gasteiger partial charge in [-0.05, 0) is 80.8 Å². The third-order valence-electron chi connectivity index (χ3n) is 7.76. The molecule has 0 spiro atoms. The highest BCUT2D eigenvalue weighted by atomic mass is 19.1. The zero-order valence-electron chi connectivity index (χ0n) is 19.3. The topological polar surface area (TPSA) is 20.2 Å². The van der Waals surface area contributed by atoms with Crippen LogP contribution in [0.1, 0.15) is 85.5 Å². The fourth-order valence-corrected chi connectivity index (χ4v) is 6.02. The molecule has 0 aliphatic heterocycles. The summed E-state index contributed by atoms with van der Waals surface area (Å²) in [5, 5.41) is 10.0. The Kier molecular flexibility index (Phi) is 7.11. The van der Waals surface area contributed by atoms with Crippen molar-refractivity contribution in [2.75, 3.05) is 0 Å². The summed E-state index contributed by atoms with van der Waals surface area (Å²) >= 11 is 0. The van der Waals surface area contributed by atoms with Gasteiger partial charge >= 0.3 is 0 Å². The Bertz CT molecular complexity index is 738. The molecule has 0 aromatic heterocycles. The van der Waals surface area contributed by atoms with Gasteiger partial charge in [0, 0.05) is 12.8 Å². The Balaban J connectivity index is 1.71. The van der Waals surface area contributed by atoms with Crippen LogP contribution in [0.25, 0.3) is 0 Å². The van der Waals surface area contributed by atoms with E-state index in [1.165, 1.54) is 12.0 Å². The van der Waals surface area contributed by atoms with E-state index in [4.69, 9.17) is 0 Å². The zero-order valence-corrected chi connectivity index (χ0v) is 19.3. The summed E-state index contributed by atoms with van der Waals surface area (Å²) in [5.41, 5.74) is 3.81. The first-order valence-electron chi connectivity index (χ1n) is 11.8. The number of alkyl halides is 2. The van der Waals surface area contributed by atoms with Crippen molar-refractivity contribution in [3.63, 3.8) is 0 Å². The molecule has 1 N–H and O–H groups in total. The standard InChI is InChI=1S/C27H40F2O/c1-18(8-6-14-26(3,4)30)23-12-13-24-20(9-7-15-27(23,24)5)10-11-21-16-22(28)17-25(29)19(21)2/h10-12,18,22,24-25,30H,2,6-9,13-17H2,1,3-5H3/b20-10+,21-11-. The highest BCUT2D eigenvalue weighted by Crippen LogP contribution is 2.57. The number of halogens is 2. The number of hydrogen-bond donors (Lipinski definition) is 1. The van der Waals surface area contributed by atoms with E-state index >= 15 is 0 Å². The molecule has 2 saturated carbocycles. The summed E-state index contributed by atoms with van der Waals surface area (Å²) in [5.74, 6) is 1.02. The molecule has 0 aromatic rings. The lowest BCUT2D eigenvalue weighted by Crippen LogP contribution is -2.32. The third kappa shape index (κ3) is 5.15. The van der Waals surface area contributed by atoms with Crippen LogP contribution in [0, 0.1) is 17.3 Å². The summed E-state index contributed by atoms with van der Waals surface area (Å²) in [6.07, 6.45) is 11.9. The summed E-state index contributed by atoms with van der Waals surface area (Å²) < 4.78 is 27.9. The summed E-state index contributed by atoms with van der Waals surface area (Å²) in [6.45, 7) is 12.4. The second-order valence-corrected chi connectivity index (χ2v) is 10.8. The summed E-state index contributed by atoms with van der Waals surface area (Å²) in [6, 6.07) is 0. The lowest BCUT2D eigenvalue weighted by Gasteiger charge is -2.42. The van der Waals surface area contributed by atoms with Crippen LogP contribution in [0.2, 0.25) is 0 Å². The van der Waals surface area contributed by atoms with E-state index in [0.29, 0.717) is 17.4 Å². The Labute approximate surface area is 182 Å². The van der Waals surface area contributed by atoms with E-state index in [9.17, 15) is 13.9 Å². The van der Waals surface area contributed by atoms with Crippen LogP contribution in [0.15, 0.2) is 47.1 Å². The molecule has 3 aliphatic carbocycles. The van der Waals surface area contributed by atoms with E-state index in [-0.39, 0.29) is 18.3 Å². The van der Waals surface area contributed by atoms with Crippen LogP contribution >= 0.6 is 0 Å². The molecule has 0 radical (unpaired) electrons. The minimum absolute atomic E-state index is 0.0495. The van der Waals surface area contributed by atoms with Crippen molar-refractivity contribution in [1.29, 1.82) is 0 Å². The fourth-order valence-electron chi connectivity index (χ4n) is 6.02. The fraction of sp³-hybridized carbons (Fsp3) is 0.704. The van der Waals surface area contributed by atoms with Crippen LogP contribution in [0.3, 0.4) is 0 Å². The van der Waals surface area contributed by atoms with Gasteiger partial charge in [0.1, 0.15) is 12.3 Å². The predicted molar refractivity (Wildman–Crippen MR) is 122 cm³/mol. The molecule has 168 valence electrons. The Morgan fingerprint density at radius 2 is 2.07 bits per heavy atom. The molecule has 1 nitrogen and oxygen atoms in total. The van der Waals surface area contributed by atoms with Gasteiger partial charge in [0.2, 0.25) is 0 Å². The monoisotopic (exact) mass is 418 g/mol. The van der Waals surface area contributed by atoms with Crippen molar-refractivity contribution in [2.45, 2.75) is 103 Å². The first kappa shape index (κ1) is 23.4. The van der Waals surface area contributed by atoms with Crippen molar-refractivity contribution in [3.05, 3.63) is 47.1 Å². The highest BCUT2D eigenvalue weighted by molar-refractivity contribution is 5.40. The highest BCUT2D eigenvalue weighted by Gasteiger charge is 2.45. The van der Waals surface area contributed by atoms with E-state index in [1.54, 1.807) is 5.57 Å². The SMILES string of the molecule is C=C1/C(=C\C=C2/CCCC3(C)C(C(C)CCCC(C)(C)O)=CCC23)CC(F)CC1F. The molecular weight excluding hydrogens is 378 g/mol. The van der Waals surface area contributed by atoms with E-state index in [0.717, 1.165) is 44.1 Å². The average Bonchev–Trinajstić information content (AvgIpc) is 3.00. The van der Waals surface area contributed by atoms with Gasteiger partial charge in [-0.25, -0.2) is 8.78 Å². The molecule has 0 saturated heterocycles. The first-order chi connectivity index (χ1) is 14.0. The smallest absolute Gasteiger partial charge is 0.128 e. The van der Waals surface area contributed by atoms with Crippen LogP contribution in [0.4, 0.5) is 8.78 Å². The maximum atomic E-state index is 14.0. The minimum atomic E-state index is -1.25. The molecule has 5 unspecified atom stereocenters. The van der Waals surface area contributed by atoms with Gasteiger partial charge in [0.05, 0.1) is 5.60 Å². The largest absolute Gasteiger partial charge is 0.390 e. The maximum absolute atomic E-state index is 14.0. The predicted octanol–water partition coefficient (Wildman–Crippen LogP) is 7.58. The number of allylic oxidation sites excluding steroid dienone is 7. The van der Waals surface area contributed by atoms with Gasteiger partial charge in [-0.3, -0.25) is 0 Å². The lowest BCUT2D eigenvalue weighted by molar-refractivity contribution is 0.0670. The lowest BCUT2D eigenvalue weighted by atomic mass is 9.62. The molecule has 3 heteroatoms. The summed E-state index contributed by atoms with van der Waals surface area (Å²) in [7, 11) is 0. The van der Waals surface area contributed by atoms with Gasteiger partial charge in [-0.15, -0.1) is 0 Å². The summed E-state index contributed by atoms with van der Waals surface area (Å²) in [4.78, 5) is 0.